The van der Waals surface area contributed by atoms with Crippen LogP contribution in [-0.4, -0.2) is 0 Å². The first kappa shape index (κ1) is 34.5. The maximum absolute atomic E-state index is 13.6. The van der Waals surface area contributed by atoms with E-state index in [1.54, 1.807) is 12.1 Å². The minimum atomic E-state index is -4.40. The number of rotatable bonds is 4. The largest absolute Gasteiger partial charge is 0.416 e. The molecule has 0 nitrogen and oxygen atoms in total. The molecule has 0 fully saturated rings. The summed E-state index contributed by atoms with van der Waals surface area (Å²) in [4.78, 5) is 0. The van der Waals surface area contributed by atoms with Crippen molar-refractivity contribution in [2.24, 2.45) is 0 Å². The number of fused-ring (bicyclic) bond motifs is 7. The van der Waals surface area contributed by atoms with Crippen LogP contribution in [0.4, 0.5) is 13.2 Å². The van der Waals surface area contributed by atoms with Crippen molar-refractivity contribution in [3.8, 4) is 44.5 Å². The van der Waals surface area contributed by atoms with Crippen molar-refractivity contribution < 1.29 is 13.2 Å². The third kappa shape index (κ3) is 5.36. The molecule has 0 aliphatic rings. The molecule has 0 spiro atoms. The normalized spacial score (nSPS) is 12.1. The molecular weight excluding hydrogens is 738 g/mol. The quantitative estimate of drug-likeness (QED) is 0.156. The van der Waals surface area contributed by atoms with Gasteiger partial charge in [-0.05, 0) is 113 Å². The van der Waals surface area contributed by atoms with Crippen LogP contribution in [0.25, 0.3) is 108 Å². The van der Waals surface area contributed by atoms with E-state index in [1.165, 1.54) is 81.7 Å². The maximum atomic E-state index is 13.6. The van der Waals surface area contributed by atoms with E-state index in [9.17, 15) is 13.2 Å². The maximum Gasteiger partial charge on any atom is 0.416 e. The smallest absolute Gasteiger partial charge is 0.166 e. The van der Waals surface area contributed by atoms with E-state index in [2.05, 4.69) is 140 Å². The Labute approximate surface area is 337 Å². The second-order valence-electron chi connectivity index (χ2n) is 15.1. The predicted octanol–water partition coefficient (Wildman–Crippen LogP) is 16.7. The fraction of sp³-hybridized carbons (Fsp3) is 0.0370. The molecule has 10 aromatic carbocycles. The Morgan fingerprint density at radius 2 is 0.759 bits per heavy atom. The fourth-order valence-corrected chi connectivity index (χ4v) is 10.4. The van der Waals surface area contributed by atoms with Gasteiger partial charge in [0.2, 0.25) is 0 Å². The standard InChI is InChI=1S/C54H33F3S/c1-32-21-23-33(24-22-32)49-37-11-2-4-13-39(37)51(40-14-5-3-12-38(40)49)35-27-30-48-47(31-35)45-19-10-20-46(53(45)58-48)52-43-17-8-6-15-41(43)50(42-16-7-9-18-44(42)52)34-25-28-36(29-26-34)54(55,56)57/h2-31H,1H3. The zero-order valence-corrected chi connectivity index (χ0v) is 32.2. The van der Waals surface area contributed by atoms with E-state index in [1.807, 2.05) is 35.6 Å². The van der Waals surface area contributed by atoms with Gasteiger partial charge in [-0.3, -0.25) is 0 Å². The fourth-order valence-electron chi connectivity index (χ4n) is 9.18. The van der Waals surface area contributed by atoms with E-state index >= 15 is 0 Å². The number of alkyl halides is 3. The minimum Gasteiger partial charge on any atom is -0.166 e. The Bertz CT molecular complexity index is 3310. The first-order chi connectivity index (χ1) is 28.3. The van der Waals surface area contributed by atoms with E-state index < -0.39 is 11.7 Å². The molecule has 276 valence electrons. The first-order valence-electron chi connectivity index (χ1n) is 19.4. The van der Waals surface area contributed by atoms with Gasteiger partial charge in [0.15, 0.2) is 0 Å². The van der Waals surface area contributed by atoms with Crippen molar-refractivity contribution in [1.82, 2.24) is 0 Å². The van der Waals surface area contributed by atoms with Gasteiger partial charge in [0, 0.05) is 25.7 Å². The minimum absolute atomic E-state index is 0.651. The summed E-state index contributed by atoms with van der Waals surface area (Å²) in [6.07, 6.45) is -4.40. The molecule has 0 atom stereocenters. The molecular formula is C54H33F3S. The van der Waals surface area contributed by atoms with Crippen LogP contribution in [0.2, 0.25) is 0 Å². The molecule has 11 aromatic rings. The van der Waals surface area contributed by atoms with Crippen LogP contribution in [0.15, 0.2) is 182 Å². The first-order valence-corrected chi connectivity index (χ1v) is 20.2. The van der Waals surface area contributed by atoms with Gasteiger partial charge in [-0.2, -0.15) is 13.2 Å². The Balaban J connectivity index is 1.14. The molecule has 0 saturated carbocycles. The SMILES string of the molecule is Cc1ccc(-c2c3ccccc3c(-c3ccc4sc5c(-c6c7ccccc7c(-c7ccc(C(F)(F)F)cc7)c7ccccc67)cccc5c4c3)c3ccccc23)cc1. The van der Waals surface area contributed by atoms with E-state index in [0.717, 1.165) is 43.8 Å². The van der Waals surface area contributed by atoms with Gasteiger partial charge in [0.25, 0.3) is 0 Å². The van der Waals surface area contributed by atoms with Gasteiger partial charge in [-0.1, -0.05) is 163 Å². The molecule has 0 saturated heterocycles. The summed E-state index contributed by atoms with van der Waals surface area (Å²) in [5.41, 5.74) is 9.43. The van der Waals surface area contributed by atoms with Gasteiger partial charge in [-0.15, -0.1) is 11.3 Å². The van der Waals surface area contributed by atoms with E-state index in [4.69, 9.17) is 0 Å². The average Bonchev–Trinajstić information content (AvgIpc) is 3.63. The highest BCUT2D eigenvalue weighted by atomic mass is 32.1. The molecule has 1 aromatic heterocycles. The van der Waals surface area contributed by atoms with E-state index in [0.29, 0.717) is 0 Å². The van der Waals surface area contributed by atoms with Gasteiger partial charge in [0.05, 0.1) is 5.56 Å². The summed E-state index contributed by atoms with van der Waals surface area (Å²) in [7, 11) is 0. The lowest BCUT2D eigenvalue weighted by Crippen LogP contribution is -2.04. The second kappa shape index (κ2) is 13.2. The average molecular weight is 771 g/mol. The molecule has 0 amide bonds. The highest BCUT2D eigenvalue weighted by Crippen LogP contribution is 2.50. The summed E-state index contributed by atoms with van der Waals surface area (Å²) in [5.74, 6) is 0. The molecule has 0 N–H and O–H groups in total. The summed E-state index contributed by atoms with van der Waals surface area (Å²) in [5, 5.41) is 11.5. The topological polar surface area (TPSA) is 0 Å². The van der Waals surface area contributed by atoms with Crippen LogP contribution >= 0.6 is 11.3 Å². The van der Waals surface area contributed by atoms with Crippen molar-refractivity contribution in [3.05, 3.63) is 193 Å². The van der Waals surface area contributed by atoms with Crippen LogP contribution in [0.5, 0.6) is 0 Å². The van der Waals surface area contributed by atoms with Crippen molar-refractivity contribution in [3.63, 3.8) is 0 Å². The van der Waals surface area contributed by atoms with Crippen LogP contribution in [0.1, 0.15) is 11.1 Å². The number of thiophene rings is 1. The highest BCUT2D eigenvalue weighted by Gasteiger charge is 2.30. The number of aryl methyl sites for hydroxylation is 1. The van der Waals surface area contributed by atoms with Gasteiger partial charge >= 0.3 is 6.18 Å². The predicted molar refractivity (Wildman–Crippen MR) is 241 cm³/mol. The molecule has 0 aliphatic heterocycles. The van der Waals surface area contributed by atoms with Crippen LogP contribution in [0.3, 0.4) is 0 Å². The van der Waals surface area contributed by atoms with Crippen molar-refractivity contribution in [2.45, 2.75) is 13.1 Å². The summed E-state index contributed by atoms with van der Waals surface area (Å²) < 4.78 is 43.2. The zero-order chi connectivity index (χ0) is 39.1. The van der Waals surface area contributed by atoms with Crippen molar-refractivity contribution in [2.75, 3.05) is 0 Å². The van der Waals surface area contributed by atoms with Gasteiger partial charge < -0.3 is 0 Å². The van der Waals surface area contributed by atoms with E-state index in [-0.39, 0.29) is 0 Å². The van der Waals surface area contributed by atoms with Crippen LogP contribution in [-0.2, 0) is 6.18 Å². The summed E-state index contributed by atoms with van der Waals surface area (Å²) >= 11 is 1.81. The molecule has 1 heterocycles. The highest BCUT2D eigenvalue weighted by molar-refractivity contribution is 7.26. The number of halogens is 3. The molecule has 0 unspecified atom stereocenters. The van der Waals surface area contributed by atoms with Crippen molar-refractivity contribution in [1.29, 1.82) is 0 Å². The molecule has 0 radical (unpaired) electrons. The molecule has 0 aliphatic carbocycles. The third-order valence-electron chi connectivity index (χ3n) is 11.8. The lowest BCUT2D eigenvalue weighted by molar-refractivity contribution is -0.137. The Hall–Kier alpha value is -6.75. The number of hydrogen-bond donors (Lipinski definition) is 0. The molecule has 4 heteroatoms. The number of hydrogen-bond acceptors (Lipinski definition) is 1. The molecule has 11 rings (SSSR count). The molecule has 0 bridgehead atoms. The van der Waals surface area contributed by atoms with Gasteiger partial charge in [0.1, 0.15) is 0 Å². The van der Waals surface area contributed by atoms with Gasteiger partial charge in [-0.25, -0.2) is 0 Å². The monoisotopic (exact) mass is 770 g/mol. The Morgan fingerprint density at radius 1 is 0.362 bits per heavy atom. The Morgan fingerprint density at radius 3 is 1.22 bits per heavy atom. The summed E-state index contributed by atoms with van der Waals surface area (Å²) in [6.45, 7) is 2.13. The lowest BCUT2D eigenvalue weighted by atomic mass is 9.85. The van der Waals surface area contributed by atoms with Crippen LogP contribution in [0, 0.1) is 6.92 Å². The van der Waals surface area contributed by atoms with Crippen molar-refractivity contribution >= 4 is 74.6 Å². The third-order valence-corrected chi connectivity index (χ3v) is 13.0. The Kier molecular flexibility index (Phi) is 7.82. The van der Waals surface area contributed by atoms with Crippen LogP contribution < -0.4 is 0 Å². The lowest BCUT2D eigenvalue weighted by Gasteiger charge is -2.18. The number of benzene rings is 10. The molecule has 58 heavy (non-hydrogen) atoms. The zero-order valence-electron chi connectivity index (χ0n) is 31.4. The summed E-state index contributed by atoms with van der Waals surface area (Å²) in [6, 6.07) is 62.1. The second-order valence-corrected chi connectivity index (χ2v) is 16.2.